The van der Waals surface area contributed by atoms with Crippen LogP contribution in [-0.4, -0.2) is 43.4 Å². The van der Waals surface area contributed by atoms with E-state index >= 15 is 0 Å². The maximum atomic E-state index is 6.04. The molecule has 0 amide bonds. The Morgan fingerprint density at radius 2 is 1.90 bits per heavy atom. The fourth-order valence-corrected chi connectivity index (χ4v) is 1.82. The number of nitrogens with zero attached hydrogens (tertiary/aromatic N) is 2. The third-order valence-corrected chi connectivity index (χ3v) is 3.01. The second-order valence-electron chi connectivity index (χ2n) is 5.89. The lowest BCUT2D eigenvalue weighted by Gasteiger charge is -2.17. The first-order valence-electron chi connectivity index (χ1n) is 7.29. The summed E-state index contributed by atoms with van der Waals surface area (Å²) in [5.74, 6) is 1.53. The third kappa shape index (κ3) is 7.60. The number of hydrogen-bond donors (Lipinski definition) is 1. The zero-order chi connectivity index (χ0) is 15.7. The van der Waals surface area contributed by atoms with Gasteiger partial charge in [-0.3, -0.25) is 0 Å². The Morgan fingerprint density at radius 3 is 2.57 bits per heavy atom. The van der Waals surface area contributed by atoms with Gasteiger partial charge in [-0.2, -0.15) is 0 Å². The molecule has 0 bridgehead atoms. The SMILES string of the molecule is COCCOCCCCNc1cc(Cl)nc(C(C)(C)C)n1. The third-order valence-electron chi connectivity index (χ3n) is 2.82. The predicted molar refractivity (Wildman–Crippen MR) is 86.2 cm³/mol. The molecule has 120 valence electrons. The zero-order valence-electron chi connectivity index (χ0n) is 13.4. The highest BCUT2D eigenvalue weighted by Crippen LogP contribution is 2.22. The van der Waals surface area contributed by atoms with Gasteiger partial charge in [0.2, 0.25) is 0 Å². The number of halogens is 1. The summed E-state index contributed by atoms with van der Waals surface area (Å²) in [4.78, 5) is 8.78. The Balaban J connectivity index is 2.31. The average Bonchev–Trinajstić information content (AvgIpc) is 2.40. The molecule has 0 atom stereocenters. The molecule has 0 spiro atoms. The van der Waals surface area contributed by atoms with E-state index in [0.717, 1.165) is 37.6 Å². The standard InChI is InChI=1S/C15H26ClN3O2/c1-15(2,3)14-18-12(16)11-13(19-14)17-7-5-6-8-21-10-9-20-4/h11H,5-10H2,1-4H3,(H,17,18,19). The van der Waals surface area contributed by atoms with Crippen LogP contribution in [0.5, 0.6) is 0 Å². The predicted octanol–water partition coefficient (Wildman–Crippen LogP) is 3.28. The summed E-state index contributed by atoms with van der Waals surface area (Å²) in [6, 6.07) is 1.76. The number of ether oxygens (including phenoxy) is 2. The van der Waals surface area contributed by atoms with Crippen molar-refractivity contribution < 1.29 is 9.47 Å². The van der Waals surface area contributed by atoms with E-state index in [-0.39, 0.29) is 5.41 Å². The van der Waals surface area contributed by atoms with Crippen LogP contribution in [0, 0.1) is 0 Å². The van der Waals surface area contributed by atoms with Crippen LogP contribution in [0.1, 0.15) is 39.4 Å². The van der Waals surface area contributed by atoms with E-state index in [2.05, 4.69) is 36.1 Å². The van der Waals surface area contributed by atoms with Gasteiger partial charge >= 0.3 is 0 Å². The highest BCUT2D eigenvalue weighted by Gasteiger charge is 2.18. The molecule has 21 heavy (non-hydrogen) atoms. The Morgan fingerprint density at radius 1 is 1.14 bits per heavy atom. The number of unbranched alkanes of at least 4 members (excludes halogenated alkanes) is 1. The maximum Gasteiger partial charge on any atom is 0.137 e. The average molecular weight is 316 g/mol. The number of methoxy groups -OCH3 is 1. The Kier molecular flexibility index (Phi) is 7.93. The lowest BCUT2D eigenvalue weighted by atomic mass is 9.96. The monoisotopic (exact) mass is 315 g/mol. The van der Waals surface area contributed by atoms with Gasteiger partial charge in [0.15, 0.2) is 0 Å². The lowest BCUT2D eigenvalue weighted by molar-refractivity contribution is 0.0691. The summed E-state index contributed by atoms with van der Waals surface area (Å²) in [6.45, 7) is 9.10. The summed E-state index contributed by atoms with van der Waals surface area (Å²) in [7, 11) is 1.67. The molecule has 0 unspecified atom stereocenters. The van der Waals surface area contributed by atoms with Crippen molar-refractivity contribution in [3.8, 4) is 0 Å². The molecule has 0 aliphatic rings. The minimum absolute atomic E-state index is 0.115. The largest absolute Gasteiger partial charge is 0.382 e. The molecule has 1 aromatic rings. The molecule has 0 aromatic carbocycles. The summed E-state index contributed by atoms with van der Waals surface area (Å²) in [6.07, 6.45) is 2.01. The van der Waals surface area contributed by atoms with Crippen LogP contribution in [0.15, 0.2) is 6.07 Å². The molecular formula is C15H26ClN3O2. The lowest BCUT2D eigenvalue weighted by Crippen LogP contribution is -2.17. The van der Waals surface area contributed by atoms with Gasteiger partial charge in [-0.05, 0) is 12.8 Å². The van der Waals surface area contributed by atoms with Crippen molar-refractivity contribution in [2.24, 2.45) is 0 Å². The first-order valence-corrected chi connectivity index (χ1v) is 7.67. The van der Waals surface area contributed by atoms with Crippen molar-refractivity contribution in [3.05, 3.63) is 17.0 Å². The summed E-state index contributed by atoms with van der Waals surface area (Å²) in [5, 5.41) is 3.76. The van der Waals surface area contributed by atoms with E-state index in [1.54, 1.807) is 13.2 Å². The highest BCUT2D eigenvalue weighted by atomic mass is 35.5. The van der Waals surface area contributed by atoms with Gasteiger partial charge < -0.3 is 14.8 Å². The minimum atomic E-state index is -0.115. The number of hydrogen-bond acceptors (Lipinski definition) is 5. The summed E-state index contributed by atoms with van der Waals surface area (Å²) < 4.78 is 10.3. The topological polar surface area (TPSA) is 56.3 Å². The number of anilines is 1. The smallest absolute Gasteiger partial charge is 0.137 e. The molecule has 1 N–H and O–H groups in total. The van der Waals surface area contributed by atoms with Gasteiger partial charge in [-0.15, -0.1) is 0 Å². The van der Waals surface area contributed by atoms with Crippen molar-refractivity contribution in [2.45, 2.75) is 39.0 Å². The van der Waals surface area contributed by atoms with Gasteiger partial charge in [0.25, 0.3) is 0 Å². The van der Waals surface area contributed by atoms with Crippen molar-refractivity contribution in [3.63, 3.8) is 0 Å². The van der Waals surface area contributed by atoms with Crippen molar-refractivity contribution in [1.29, 1.82) is 0 Å². The van der Waals surface area contributed by atoms with Crippen LogP contribution in [0.3, 0.4) is 0 Å². The fourth-order valence-electron chi connectivity index (χ4n) is 1.63. The van der Waals surface area contributed by atoms with E-state index in [9.17, 15) is 0 Å². The second-order valence-corrected chi connectivity index (χ2v) is 6.28. The van der Waals surface area contributed by atoms with Crippen LogP contribution < -0.4 is 5.32 Å². The van der Waals surface area contributed by atoms with Crippen molar-refractivity contribution in [2.75, 3.05) is 38.8 Å². The molecule has 0 fully saturated rings. The number of aromatic nitrogens is 2. The van der Waals surface area contributed by atoms with Gasteiger partial charge in [0.1, 0.15) is 16.8 Å². The Labute approximate surface area is 132 Å². The number of nitrogens with one attached hydrogen (secondary N) is 1. The Hall–Kier alpha value is -0.910. The van der Waals surface area contributed by atoms with Crippen LogP contribution in [0.25, 0.3) is 0 Å². The van der Waals surface area contributed by atoms with Crippen LogP contribution in [0.4, 0.5) is 5.82 Å². The molecule has 0 aliphatic heterocycles. The first-order chi connectivity index (χ1) is 9.93. The zero-order valence-corrected chi connectivity index (χ0v) is 14.2. The summed E-state index contributed by atoms with van der Waals surface area (Å²) in [5.41, 5.74) is -0.115. The van der Waals surface area contributed by atoms with E-state index in [1.807, 2.05) is 0 Å². The van der Waals surface area contributed by atoms with E-state index in [1.165, 1.54) is 0 Å². The van der Waals surface area contributed by atoms with Gasteiger partial charge in [-0.1, -0.05) is 32.4 Å². The van der Waals surface area contributed by atoms with Gasteiger partial charge in [0.05, 0.1) is 13.2 Å². The molecule has 1 heterocycles. The van der Waals surface area contributed by atoms with Gasteiger partial charge in [0, 0.05) is 31.7 Å². The Bertz CT molecular complexity index is 422. The molecule has 1 rings (SSSR count). The fraction of sp³-hybridized carbons (Fsp3) is 0.733. The van der Waals surface area contributed by atoms with E-state index < -0.39 is 0 Å². The molecule has 0 aliphatic carbocycles. The molecule has 6 heteroatoms. The molecular weight excluding hydrogens is 290 g/mol. The molecule has 5 nitrogen and oxygen atoms in total. The molecule has 0 saturated heterocycles. The maximum absolute atomic E-state index is 6.04. The highest BCUT2D eigenvalue weighted by molar-refractivity contribution is 6.29. The van der Waals surface area contributed by atoms with E-state index in [0.29, 0.717) is 18.4 Å². The normalized spacial score (nSPS) is 11.7. The minimum Gasteiger partial charge on any atom is -0.382 e. The second kappa shape index (κ2) is 9.18. The number of rotatable bonds is 9. The molecule has 0 saturated carbocycles. The molecule has 0 radical (unpaired) electrons. The van der Waals surface area contributed by atoms with E-state index in [4.69, 9.17) is 21.1 Å². The first kappa shape index (κ1) is 18.1. The van der Waals surface area contributed by atoms with Crippen LogP contribution in [-0.2, 0) is 14.9 Å². The van der Waals surface area contributed by atoms with Crippen molar-refractivity contribution >= 4 is 17.4 Å². The summed E-state index contributed by atoms with van der Waals surface area (Å²) >= 11 is 6.04. The quantitative estimate of drug-likeness (QED) is 0.560. The van der Waals surface area contributed by atoms with Crippen LogP contribution in [0.2, 0.25) is 5.15 Å². The van der Waals surface area contributed by atoms with Crippen molar-refractivity contribution in [1.82, 2.24) is 9.97 Å². The molecule has 1 aromatic heterocycles. The van der Waals surface area contributed by atoms with Gasteiger partial charge in [-0.25, -0.2) is 9.97 Å². The van der Waals surface area contributed by atoms with Crippen LogP contribution >= 0.6 is 11.6 Å².